The van der Waals surface area contributed by atoms with E-state index in [1.807, 2.05) is 5.32 Å². The summed E-state index contributed by atoms with van der Waals surface area (Å²) < 4.78 is 4.41. The fourth-order valence-corrected chi connectivity index (χ4v) is 2.35. The highest BCUT2D eigenvalue weighted by Gasteiger charge is 2.21. The van der Waals surface area contributed by atoms with Gasteiger partial charge in [0.25, 0.3) is 5.91 Å². The Bertz CT molecular complexity index is 495. The predicted molar refractivity (Wildman–Crippen MR) is 85.5 cm³/mol. The first-order valence-electron chi connectivity index (χ1n) is 7.66. The summed E-state index contributed by atoms with van der Waals surface area (Å²) in [5, 5.41) is 4.12. The van der Waals surface area contributed by atoms with Gasteiger partial charge in [-0.2, -0.15) is 0 Å². The lowest BCUT2D eigenvalue weighted by Gasteiger charge is -2.20. The molecule has 2 amide bonds. The second-order valence-electron chi connectivity index (χ2n) is 6.07. The quantitative estimate of drug-likeness (QED) is 0.844. The summed E-state index contributed by atoms with van der Waals surface area (Å²) in [6, 6.07) is 8.68. The lowest BCUT2D eigenvalue weighted by Crippen LogP contribution is -2.88. The Morgan fingerprint density at radius 2 is 1.64 bits per heavy atom. The molecule has 0 aliphatic carbocycles. The average Bonchev–Trinajstić information content (AvgIpc) is 2.47. The number of hydrogen-bond donors (Lipinski definition) is 2. The van der Waals surface area contributed by atoms with E-state index in [-0.39, 0.29) is 18.5 Å². The first kappa shape index (κ1) is 18.2. The molecule has 1 rings (SSSR count). The number of quaternary nitrogens is 1. The summed E-state index contributed by atoms with van der Waals surface area (Å²) in [4.78, 5) is 22.7. The van der Waals surface area contributed by atoms with Crippen LogP contribution >= 0.6 is 0 Å². The smallest absolute Gasteiger partial charge is 0.413 e. The van der Waals surface area contributed by atoms with E-state index in [2.05, 4.69) is 62.0 Å². The number of ether oxygens (including phenoxy) is 1. The Hall–Kier alpha value is -1.88. The number of amides is 2. The van der Waals surface area contributed by atoms with Crippen LogP contribution in [0.5, 0.6) is 0 Å². The Labute approximate surface area is 132 Å². The van der Waals surface area contributed by atoms with Gasteiger partial charge in [0.1, 0.15) is 6.04 Å². The van der Waals surface area contributed by atoms with Gasteiger partial charge in [-0.05, 0) is 11.5 Å². The van der Waals surface area contributed by atoms with Gasteiger partial charge in [-0.3, -0.25) is 10.1 Å². The molecule has 0 unspecified atom stereocenters. The molecule has 0 radical (unpaired) electrons. The Morgan fingerprint density at radius 1 is 1.09 bits per heavy atom. The van der Waals surface area contributed by atoms with Crippen LogP contribution in [0.1, 0.15) is 50.8 Å². The van der Waals surface area contributed by atoms with Crippen LogP contribution < -0.4 is 10.6 Å². The van der Waals surface area contributed by atoms with Gasteiger partial charge in [0, 0.05) is 11.5 Å². The Balaban J connectivity index is 2.69. The van der Waals surface area contributed by atoms with Crippen molar-refractivity contribution in [1.82, 2.24) is 5.32 Å². The molecule has 1 aromatic carbocycles. The zero-order valence-electron chi connectivity index (χ0n) is 14.1. The van der Waals surface area contributed by atoms with E-state index in [0.717, 1.165) is 0 Å². The minimum absolute atomic E-state index is 0.171. The summed E-state index contributed by atoms with van der Waals surface area (Å²) in [6.45, 7) is 8.76. The molecule has 1 atom stereocenters. The minimum atomic E-state index is -0.721. The maximum Gasteiger partial charge on any atom is 0.413 e. The van der Waals surface area contributed by atoms with Crippen molar-refractivity contribution in [1.29, 1.82) is 0 Å². The monoisotopic (exact) mass is 307 g/mol. The first-order chi connectivity index (χ1) is 10.3. The van der Waals surface area contributed by atoms with Crippen molar-refractivity contribution in [2.45, 2.75) is 39.7 Å². The summed E-state index contributed by atoms with van der Waals surface area (Å²) in [7, 11) is 1.24. The fraction of sp³-hybridized carbons (Fsp3) is 0.529. The van der Waals surface area contributed by atoms with Gasteiger partial charge in [0.2, 0.25) is 0 Å². The topological polar surface area (TPSA) is 72.0 Å². The Kier molecular flexibility index (Phi) is 7.05. The summed E-state index contributed by atoms with van der Waals surface area (Å²) in [5.41, 5.74) is 2.49. The zero-order valence-corrected chi connectivity index (χ0v) is 14.1. The lowest BCUT2D eigenvalue weighted by molar-refractivity contribution is -0.692. The van der Waals surface area contributed by atoms with Gasteiger partial charge < -0.3 is 10.1 Å². The van der Waals surface area contributed by atoms with Crippen molar-refractivity contribution in [3.8, 4) is 0 Å². The van der Waals surface area contributed by atoms with Crippen LogP contribution in [0, 0.1) is 5.92 Å². The number of alkyl carbamates (subject to hydrolysis) is 1. The number of methoxy groups -OCH3 is 1. The highest BCUT2D eigenvalue weighted by molar-refractivity contribution is 5.92. The van der Waals surface area contributed by atoms with E-state index in [4.69, 9.17) is 0 Å². The highest BCUT2D eigenvalue weighted by Crippen LogP contribution is 2.21. The van der Waals surface area contributed by atoms with Crippen LogP contribution in [0.15, 0.2) is 24.3 Å². The minimum Gasteiger partial charge on any atom is -0.453 e. The molecule has 0 bridgehead atoms. The largest absolute Gasteiger partial charge is 0.453 e. The van der Waals surface area contributed by atoms with Gasteiger partial charge in [-0.15, -0.1) is 0 Å². The number of carbonyl (C=O) groups excluding carboxylic acids is 2. The van der Waals surface area contributed by atoms with Gasteiger partial charge >= 0.3 is 6.09 Å². The molecule has 3 N–H and O–H groups in total. The van der Waals surface area contributed by atoms with Crippen molar-refractivity contribution in [2.24, 2.45) is 5.92 Å². The van der Waals surface area contributed by atoms with E-state index >= 15 is 0 Å². The third-order valence-corrected chi connectivity index (χ3v) is 3.69. The normalized spacial score (nSPS) is 12.3. The van der Waals surface area contributed by atoms with E-state index in [0.29, 0.717) is 11.8 Å². The number of rotatable bonds is 6. The average molecular weight is 307 g/mol. The van der Waals surface area contributed by atoms with E-state index in [1.165, 1.54) is 18.2 Å². The second kappa shape index (κ2) is 8.54. The van der Waals surface area contributed by atoms with Crippen LogP contribution in [0.4, 0.5) is 4.79 Å². The standard InChI is InChI=1S/C17H26N2O3/c1-11(2)13-6-8-14(9-7-13)16(12(3)4)18-10-15(20)19-17(21)22-5/h6-9,11-12,16,18H,10H2,1-5H3,(H,19,20,21)/p+1/t16-/m0/s1. The van der Waals surface area contributed by atoms with Crippen molar-refractivity contribution >= 4 is 12.0 Å². The number of benzene rings is 1. The first-order valence-corrected chi connectivity index (χ1v) is 7.66. The molecule has 0 aliphatic heterocycles. The van der Waals surface area contributed by atoms with Crippen molar-refractivity contribution < 1.29 is 19.6 Å². The third-order valence-electron chi connectivity index (χ3n) is 3.69. The molecule has 122 valence electrons. The van der Waals surface area contributed by atoms with Crippen molar-refractivity contribution in [3.63, 3.8) is 0 Å². The van der Waals surface area contributed by atoms with Crippen LogP contribution in [0.2, 0.25) is 0 Å². The molecule has 0 fully saturated rings. The van der Waals surface area contributed by atoms with E-state index < -0.39 is 6.09 Å². The fourth-order valence-electron chi connectivity index (χ4n) is 2.35. The predicted octanol–water partition coefficient (Wildman–Crippen LogP) is 1.95. The van der Waals surface area contributed by atoms with Gasteiger partial charge in [-0.25, -0.2) is 4.79 Å². The summed E-state index contributed by atoms with van der Waals surface area (Å²) in [6.07, 6.45) is -0.721. The molecule has 0 spiro atoms. The summed E-state index contributed by atoms with van der Waals surface area (Å²) >= 11 is 0. The number of imide groups is 1. The number of carbonyl (C=O) groups is 2. The molecule has 5 nitrogen and oxygen atoms in total. The van der Waals surface area contributed by atoms with Crippen LogP contribution in [0.3, 0.4) is 0 Å². The van der Waals surface area contributed by atoms with Crippen molar-refractivity contribution in [3.05, 3.63) is 35.4 Å². The SMILES string of the molecule is COC(=O)NC(=O)C[NH2+][C@H](c1ccc(C(C)C)cc1)C(C)C. The zero-order chi connectivity index (χ0) is 16.7. The molecular weight excluding hydrogens is 280 g/mol. The molecule has 5 heteroatoms. The maximum absolute atomic E-state index is 11.7. The number of hydrogen-bond acceptors (Lipinski definition) is 3. The second-order valence-corrected chi connectivity index (χ2v) is 6.07. The highest BCUT2D eigenvalue weighted by atomic mass is 16.5. The lowest BCUT2D eigenvalue weighted by atomic mass is 9.93. The molecule has 0 saturated carbocycles. The van der Waals surface area contributed by atoms with Crippen LogP contribution in [0.25, 0.3) is 0 Å². The van der Waals surface area contributed by atoms with E-state index in [9.17, 15) is 9.59 Å². The van der Waals surface area contributed by atoms with Gasteiger partial charge in [0.15, 0.2) is 6.54 Å². The van der Waals surface area contributed by atoms with Gasteiger partial charge in [0.05, 0.1) is 7.11 Å². The van der Waals surface area contributed by atoms with E-state index in [1.54, 1.807) is 0 Å². The molecule has 0 aromatic heterocycles. The molecule has 0 aliphatic rings. The molecule has 22 heavy (non-hydrogen) atoms. The van der Waals surface area contributed by atoms with Gasteiger partial charge in [-0.1, -0.05) is 52.0 Å². The molecule has 1 aromatic rings. The molecular formula is C17H27N2O3+. The number of nitrogens with two attached hydrogens (primary N) is 1. The van der Waals surface area contributed by atoms with Crippen LogP contribution in [-0.4, -0.2) is 25.7 Å². The molecule has 0 saturated heterocycles. The molecule has 0 heterocycles. The summed E-state index contributed by atoms with van der Waals surface area (Å²) in [5.74, 6) is 0.522. The van der Waals surface area contributed by atoms with Crippen molar-refractivity contribution in [2.75, 3.05) is 13.7 Å². The number of nitrogens with one attached hydrogen (secondary N) is 1. The maximum atomic E-state index is 11.7. The third kappa shape index (κ3) is 5.48. The Morgan fingerprint density at radius 3 is 2.09 bits per heavy atom. The van der Waals surface area contributed by atoms with Crippen LogP contribution in [-0.2, 0) is 9.53 Å².